The fourth-order valence-electron chi connectivity index (χ4n) is 2.04. The Bertz CT molecular complexity index is 546. The van der Waals surface area contributed by atoms with E-state index >= 15 is 0 Å². The molecule has 0 fully saturated rings. The van der Waals surface area contributed by atoms with E-state index in [1.165, 1.54) is 5.56 Å². The molecule has 0 bridgehead atoms. The lowest BCUT2D eigenvalue weighted by molar-refractivity contribution is -0.671. The Hall–Kier alpha value is -1.22. The molecule has 2 aromatic rings. The summed E-state index contributed by atoms with van der Waals surface area (Å²) >= 11 is 11.9. The van der Waals surface area contributed by atoms with Crippen molar-refractivity contribution in [3.8, 4) is 5.75 Å². The number of rotatable bonds is 8. The summed E-state index contributed by atoms with van der Waals surface area (Å²) in [5.74, 6) is 0.664. The van der Waals surface area contributed by atoms with Crippen molar-refractivity contribution in [2.75, 3.05) is 13.2 Å². The van der Waals surface area contributed by atoms with Crippen LogP contribution in [0.2, 0.25) is 10.0 Å². The smallest absolute Gasteiger partial charge is 0.139 e. The third kappa shape index (κ3) is 5.96. The van der Waals surface area contributed by atoms with Gasteiger partial charge in [-0.15, -0.1) is 0 Å². The van der Waals surface area contributed by atoms with Gasteiger partial charge in [0.1, 0.15) is 12.3 Å². The minimum Gasteiger partial charge on any atom is -0.492 e. The van der Waals surface area contributed by atoms with Crippen molar-refractivity contribution in [1.82, 2.24) is 0 Å². The highest BCUT2D eigenvalue weighted by molar-refractivity contribution is 6.34. The summed E-state index contributed by atoms with van der Waals surface area (Å²) in [4.78, 5) is 0. The molecular formula is C17H20Cl2NO+. The fourth-order valence-corrected chi connectivity index (χ4v) is 2.38. The Labute approximate surface area is 136 Å². The molecule has 0 saturated carbocycles. The molecule has 0 unspecified atom stereocenters. The Morgan fingerprint density at radius 3 is 2.57 bits per heavy atom. The zero-order valence-corrected chi connectivity index (χ0v) is 13.4. The lowest BCUT2D eigenvalue weighted by Crippen LogP contribution is -2.82. The molecule has 2 nitrogen and oxygen atoms in total. The predicted molar refractivity (Wildman–Crippen MR) is 88.1 cm³/mol. The van der Waals surface area contributed by atoms with Crippen molar-refractivity contribution in [2.45, 2.75) is 19.4 Å². The number of quaternary nitrogens is 1. The summed E-state index contributed by atoms with van der Waals surface area (Å²) < 4.78 is 5.65. The molecule has 21 heavy (non-hydrogen) atoms. The SMILES string of the molecule is Clc1ccc(Cl)c(OCCCC[NH2+]Cc2ccccc2)c1. The minimum absolute atomic E-state index is 0.607. The van der Waals surface area contributed by atoms with Crippen LogP contribution >= 0.6 is 23.2 Å². The first kappa shape index (κ1) is 16.2. The zero-order valence-electron chi connectivity index (χ0n) is 11.9. The van der Waals surface area contributed by atoms with E-state index in [1.54, 1.807) is 18.2 Å². The first-order valence-electron chi connectivity index (χ1n) is 7.19. The van der Waals surface area contributed by atoms with Gasteiger partial charge in [-0.05, 0) is 25.0 Å². The highest BCUT2D eigenvalue weighted by Gasteiger charge is 2.02. The molecule has 0 aliphatic heterocycles. The molecule has 0 aliphatic rings. The van der Waals surface area contributed by atoms with Gasteiger partial charge in [0, 0.05) is 16.7 Å². The van der Waals surface area contributed by atoms with E-state index in [-0.39, 0.29) is 0 Å². The van der Waals surface area contributed by atoms with Crippen LogP contribution in [0, 0.1) is 0 Å². The lowest BCUT2D eigenvalue weighted by atomic mass is 10.2. The molecule has 0 atom stereocenters. The van der Waals surface area contributed by atoms with Crippen molar-refractivity contribution in [3.63, 3.8) is 0 Å². The van der Waals surface area contributed by atoms with E-state index in [2.05, 4.69) is 29.6 Å². The van der Waals surface area contributed by atoms with Crippen molar-refractivity contribution in [1.29, 1.82) is 0 Å². The molecule has 0 radical (unpaired) electrons. The van der Waals surface area contributed by atoms with E-state index in [0.717, 1.165) is 25.9 Å². The second-order valence-corrected chi connectivity index (χ2v) is 5.74. The maximum Gasteiger partial charge on any atom is 0.139 e. The molecule has 2 rings (SSSR count). The monoisotopic (exact) mass is 324 g/mol. The average Bonchev–Trinajstić information content (AvgIpc) is 2.50. The molecule has 112 valence electrons. The van der Waals surface area contributed by atoms with Crippen LogP contribution < -0.4 is 10.1 Å². The van der Waals surface area contributed by atoms with E-state index in [9.17, 15) is 0 Å². The fraction of sp³-hybridized carbons (Fsp3) is 0.294. The summed E-state index contributed by atoms with van der Waals surface area (Å²) in [5.41, 5.74) is 1.36. The van der Waals surface area contributed by atoms with E-state index in [4.69, 9.17) is 27.9 Å². The van der Waals surface area contributed by atoms with Crippen LogP contribution in [0.5, 0.6) is 5.75 Å². The molecular weight excluding hydrogens is 305 g/mol. The van der Waals surface area contributed by atoms with Gasteiger partial charge in [-0.1, -0.05) is 53.5 Å². The lowest BCUT2D eigenvalue weighted by Gasteiger charge is -2.08. The maximum absolute atomic E-state index is 6.04. The topological polar surface area (TPSA) is 25.8 Å². The van der Waals surface area contributed by atoms with Gasteiger partial charge < -0.3 is 10.1 Å². The van der Waals surface area contributed by atoms with Crippen molar-refractivity contribution >= 4 is 23.2 Å². The van der Waals surface area contributed by atoms with Crippen LogP contribution in [-0.2, 0) is 6.54 Å². The highest BCUT2D eigenvalue weighted by Crippen LogP contribution is 2.27. The van der Waals surface area contributed by atoms with Gasteiger partial charge in [0.2, 0.25) is 0 Å². The van der Waals surface area contributed by atoms with Gasteiger partial charge in [-0.25, -0.2) is 0 Å². The van der Waals surface area contributed by atoms with Gasteiger partial charge in [0.25, 0.3) is 0 Å². The summed E-state index contributed by atoms with van der Waals surface area (Å²) in [6, 6.07) is 15.8. The van der Waals surface area contributed by atoms with Crippen LogP contribution in [0.1, 0.15) is 18.4 Å². The van der Waals surface area contributed by atoms with Gasteiger partial charge in [-0.2, -0.15) is 0 Å². The van der Waals surface area contributed by atoms with Crippen LogP contribution in [0.25, 0.3) is 0 Å². The molecule has 0 saturated heterocycles. The average molecular weight is 325 g/mol. The number of nitrogens with two attached hydrogens (primary N) is 1. The van der Waals surface area contributed by atoms with Crippen molar-refractivity contribution < 1.29 is 10.1 Å². The van der Waals surface area contributed by atoms with Crippen LogP contribution in [0.4, 0.5) is 0 Å². The number of benzene rings is 2. The summed E-state index contributed by atoms with van der Waals surface area (Å²) in [6.07, 6.45) is 2.12. The predicted octanol–water partition coefficient (Wildman–Crippen LogP) is 3.92. The highest BCUT2D eigenvalue weighted by atomic mass is 35.5. The Kier molecular flexibility index (Phi) is 6.87. The van der Waals surface area contributed by atoms with Crippen LogP contribution in [0.15, 0.2) is 48.5 Å². The molecule has 0 amide bonds. The molecule has 0 aromatic heterocycles. The second-order valence-electron chi connectivity index (χ2n) is 4.90. The van der Waals surface area contributed by atoms with Gasteiger partial charge in [0.15, 0.2) is 0 Å². The van der Waals surface area contributed by atoms with E-state index < -0.39 is 0 Å². The minimum atomic E-state index is 0.607. The molecule has 0 spiro atoms. The largest absolute Gasteiger partial charge is 0.492 e. The second kappa shape index (κ2) is 8.93. The van der Waals surface area contributed by atoms with Crippen molar-refractivity contribution in [3.05, 3.63) is 64.1 Å². The van der Waals surface area contributed by atoms with Crippen molar-refractivity contribution in [2.24, 2.45) is 0 Å². The summed E-state index contributed by atoms with van der Waals surface area (Å²) in [5, 5.41) is 3.57. The molecule has 0 aliphatic carbocycles. The van der Waals surface area contributed by atoms with Crippen LogP contribution in [0.3, 0.4) is 0 Å². The third-order valence-corrected chi connectivity index (χ3v) is 3.72. The first-order valence-corrected chi connectivity index (χ1v) is 7.95. The Morgan fingerprint density at radius 1 is 0.952 bits per heavy atom. The molecule has 4 heteroatoms. The third-order valence-electron chi connectivity index (χ3n) is 3.18. The van der Waals surface area contributed by atoms with E-state index in [0.29, 0.717) is 22.4 Å². The standard InChI is InChI=1S/C17H19Cl2NO/c18-15-8-9-16(19)17(12-15)21-11-5-4-10-20-13-14-6-2-1-3-7-14/h1-3,6-9,12,20H,4-5,10-11,13H2/p+1. The number of hydrogen-bond donors (Lipinski definition) is 1. The number of hydrogen-bond acceptors (Lipinski definition) is 1. The first-order chi connectivity index (χ1) is 10.3. The normalized spacial score (nSPS) is 10.6. The van der Waals surface area contributed by atoms with E-state index in [1.807, 2.05) is 6.07 Å². The van der Waals surface area contributed by atoms with Gasteiger partial charge in [0.05, 0.1) is 18.2 Å². The summed E-state index contributed by atoms with van der Waals surface area (Å²) in [6.45, 7) is 2.79. The molecule has 0 heterocycles. The zero-order chi connectivity index (χ0) is 14.9. The number of unbranched alkanes of at least 4 members (excludes halogenated alkanes) is 1. The molecule has 2 aromatic carbocycles. The van der Waals surface area contributed by atoms with Gasteiger partial charge in [-0.3, -0.25) is 0 Å². The Balaban J connectivity index is 1.57. The Morgan fingerprint density at radius 2 is 1.76 bits per heavy atom. The number of halogens is 2. The summed E-state index contributed by atoms with van der Waals surface area (Å²) in [7, 11) is 0. The number of ether oxygens (including phenoxy) is 1. The van der Waals surface area contributed by atoms with Crippen LogP contribution in [-0.4, -0.2) is 13.2 Å². The van der Waals surface area contributed by atoms with Gasteiger partial charge >= 0.3 is 0 Å². The molecule has 2 N–H and O–H groups in total. The quantitative estimate of drug-likeness (QED) is 0.732. The maximum atomic E-state index is 6.04.